The molecule has 168 valence electrons. The molecule has 2 aromatic heterocycles. The number of methoxy groups -OCH3 is 1. The fraction of sp³-hybridized carbons (Fsp3) is 0.440. The van der Waals surface area contributed by atoms with Crippen LogP contribution in [0.15, 0.2) is 47.4 Å². The second-order valence-corrected chi connectivity index (χ2v) is 8.52. The zero-order valence-electron chi connectivity index (χ0n) is 18.7. The Hall–Kier alpha value is -3.22. The molecule has 0 atom stereocenters. The number of benzene rings is 1. The molecule has 0 radical (unpaired) electrons. The molecule has 0 saturated heterocycles. The van der Waals surface area contributed by atoms with Crippen molar-refractivity contribution in [1.29, 1.82) is 0 Å². The smallest absolute Gasteiger partial charge is 0.220 e. The van der Waals surface area contributed by atoms with Crippen molar-refractivity contribution in [3.8, 4) is 17.1 Å². The van der Waals surface area contributed by atoms with Crippen LogP contribution in [0.5, 0.6) is 5.75 Å². The molecule has 1 aromatic carbocycles. The van der Waals surface area contributed by atoms with E-state index in [0.717, 1.165) is 72.7 Å². The van der Waals surface area contributed by atoms with Crippen molar-refractivity contribution in [3.05, 3.63) is 59.8 Å². The highest BCUT2D eigenvalue weighted by molar-refractivity contribution is 5.76. The van der Waals surface area contributed by atoms with Gasteiger partial charge in [-0.25, -0.2) is 9.97 Å². The number of aromatic nitrogens is 3. The fourth-order valence-corrected chi connectivity index (χ4v) is 4.38. The van der Waals surface area contributed by atoms with Crippen LogP contribution in [-0.4, -0.2) is 34.7 Å². The molecule has 3 aromatic rings. The van der Waals surface area contributed by atoms with Crippen molar-refractivity contribution < 1.29 is 14.1 Å². The maximum absolute atomic E-state index is 12.3. The maximum Gasteiger partial charge on any atom is 0.220 e. The predicted octanol–water partition coefficient (Wildman–Crippen LogP) is 4.47. The summed E-state index contributed by atoms with van der Waals surface area (Å²) in [4.78, 5) is 21.1. The van der Waals surface area contributed by atoms with Crippen molar-refractivity contribution in [3.63, 3.8) is 0 Å². The first-order valence-corrected chi connectivity index (χ1v) is 11.3. The predicted molar refractivity (Wildman–Crippen MR) is 121 cm³/mol. The lowest BCUT2D eigenvalue weighted by atomic mass is 9.79. The summed E-state index contributed by atoms with van der Waals surface area (Å²) in [7, 11) is 1.65. The Morgan fingerprint density at radius 1 is 1.19 bits per heavy atom. The van der Waals surface area contributed by atoms with Crippen LogP contribution >= 0.6 is 0 Å². The van der Waals surface area contributed by atoms with Gasteiger partial charge in [0.15, 0.2) is 5.76 Å². The summed E-state index contributed by atoms with van der Waals surface area (Å²) in [6.07, 6.45) is 8.90. The minimum absolute atomic E-state index is 0.113. The third-order valence-electron chi connectivity index (χ3n) is 6.26. The summed E-state index contributed by atoms with van der Waals surface area (Å²) in [5.41, 5.74) is 3.96. The maximum atomic E-state index is 12.3. The van der Waals surface area contributed by atoms with Gasteiger partial charge in [0.25, 0.3) is 0 Å². The number of hydrogen-bond donors (Lipinski definition) is 1. The van der Waals surface area contributed by atoms with Crippen molar-refractivity contribution >= 4 is 5.91 Å². The topological polar surface area (TPSA) is 90.1 Å². The van der Waals surface area contributed by atoms with Gasteiger partial charge in [-0.2, -0.15) is 0 Å². The van der Waals surface area contributed by atoms with Crippen LogP contribution in [0.2, 0.25) is 0 Å². The number of carbonyl (C=O) groups is 1. The average molecular weight is 435 g/mol. The minimum Gasteiger partial charge on any atom is -0.497 e. The van der Waals surface area contributed by atoms with Crippen LogP contribution in [0.1, 0.15) is 55.0 Å². The largest absolute Gasteiger partial charge is 0.497 e. The number of nitrogens with zero attached hydrogens (tertiary/aromatic N) is 3. The molecule has 0 spiro atoms. The summed E-state index contributed by atoms with van der Waals surface area (Å²) in [5.74, 6) is 2.55. The molecule has 2 heterocycles. The lowest BCUT2D eigenvalue weighted by molar-refractivity contribution is -0.121. The van der Waals surface area contributed by atoms with E-state index in [-0.39, 0.29) is 5.91 Å². The SMILES string of the molecule is COc1ccc(CCC(=O)NCC2CCC(c3ncncc3-c3cc(C)no3)CC2)cc1. The number of hydrogen-bond acceptors (Lipinski definition) is 6. The lowest BCUT2D eigenvalue weighted by Gasteiger charge is -2.29. The van der Waals surface area contributed by atoms with Crippen molar-refractivity contribution in [2.75, 3.05) is 13.7 Å². The Kier molecular flexibility index (Phi) is 7.14. The van der Waals surface area contributed by atoms with Gasteiger partial charge >= 0.3 is 0 Å². The van der Waals surface area contributed by atoms with E-state index in [1.54, 1.807) is 13.4 Å². The average Bonchev–Trinajstić information content (AvgIpc) is 3.28. The van der Waals surface area contributed by atoms with Crippen molar-refractivity contribution in [2.24, 2.45) is 5.92 Å². The molecule has 4 rings (SSSR count). The highest BCUT2D eigenvalue weighted by Crippen LogP contribution is 2.38. The monoisotopic (exact) mass is 434 g/mol. The highest BCUT2D eigenvalue weighted by Gasteiger charge is 2.26. The Labute approximate surface area is 188 Å². The molecule has 0 aliphatic heterocycles. The Morgan fingerprint density at radius 3 is 2.66 bits per heavy atom. The van der Waals surface area contributed by atoms with Gasteiger partial charge in [0.05, 0.1) is 24.1 Å². The van der Waals surface area contributed by atoms with Crippen LogP contribution in [0.3, 0.4) is 0 Å². The number of carbonyl (C=O) groups excluding carboxylic acids is 1. The molecule has 1 aliphatic carbocycles. The lowest BCUT2D eigenvalue weighted by Crippen LogP contribution is -2.31. The molecule has 1 fully saturated rings. The minimum atomic E-state index is 0.113. The van der Waals surface area contributed by atoms with Crippen LogP contribution in [0.4, 0.5) is 0 Å². The van der Waals surface area contributed by atoms with Crippen LogP contribution in [-0.2, 0) is 11.2 Å². The molecule has 0 bridgehead atoms. The quantitative estimate of drug-likeness (QED) is 0.562. The second kappa shape index (κ2) is 10.4. The molecular weight excluding hydrogens is 404 g/mol. The Morgan fingerprint density at radius 2 is 1.97 bits per heavy atom. The molecule has 32 heavy (non-hydrogen) atoms. The fourth-order valence-electron chi connectivity index (χ4n) is 4.38. The van der Waals surface area contributed by atoms with Gasteiger partial charge in [-0.1, -0.05) is 17.3 Å². The van der Waals surface area contributed by atoms with Gasteiger partial charge < -0.3 is 14.6 Å². The molecule has 1 amide bonds. The number of nitrogens with one attached hydrogen (secondary N) is 1. The van der Waals surface area contributed by atoms with E-state index in [4.69, 9.17) is 9.26 Å². The third-order valence-corrected chi connectivity index (χ3v) is 6.26. The van der Waals surface area contributed by atoms with Gasteiger partial charge in [0.1, 0.15) is 12.1 Å². The van der Waals surface area contributed by atoms with E-state index >= 15 is 0 Å². The van der Waals surface area contributed by atoms with Crippen LogP contribution in [0, 0.1) is 12.8 Å². The van der Waals surface area contributed by atoms with Crippen molar-refractivity contribution in [1.82, 2.24) is 20.4 Å². The van der Waals surface area contributed by atoms with Gasteiger partial charge in [0, 0.05) is 31.1 Å². The van der Waals surface area contributed by atoms with Gasteiger partial charge in [0.2, 0.25) is 5.91 Å². The van der Waals surface area contributed by atoms with Crippen LogP contribution < -0.4 is 10.1 Å². The first-order chi connectivity index (χ1) is 15.6. The van der Waals surface area contributed by atoms with E-state index in [0.29, 0.717) is 18.3 Å². The zero-order chi connectivity index (χ0) is 22.3. The van der Waals surface area contributed by atoms with Gasteiger partial charge in [-0.05, 0) is 62.6 Å². The van der Waals surface area contributed by atoms with Crippen molar-refractivity contribution in [2.45, 2.75) is 51.4 Å². The molecule has 7 nitrogen and oxygen atoms in total. The molecule has 1 N–H and O–H groups in total. The van der Waals surface area contributed by atoms with Gasteiger partial charge in [-0.3, -0.25) is 4.79 Å². The van der Waals surface area contributed by atoms with E-state index < -0.39 is 0 Å². The second-order valence-electron chi connectivity index (χ2n) is 8.52. The Balaban J connectivity index is 1.23. The number of ether oxygens (including phenoxy) is 1. The van der Waals surface area contributed by atoms with Gasteiger partial charge in [-0.15, -0.1) is 0 Å². The standard InChI is InChI=1S/C25H30N4O3/c1-17-13-23(32-29-17)22-15-26-16-28-25(22)20-8-3-19(4-9-20)14-27-24(30)12-7-18-5-10-21(31-2)11-6-18/h5-6,10-11,13,15-16,19-20H,3-4,7-9,12,14H2,1-2H3,(H,27,30). The summed E-state index contributed by atoms with van der Waals surface area (Å²) in [6.45, 7) is 2.65. The molecule has 1 saturated carbocycles. The number of aryl methyl sites for hydroxylation is 2. The normalized spacial score (nSPS) is 18.3. The summed E-state index contributed by atoms with van der Waals surface area (Å²) in [6, 6.07) is 9.80. The molecular formula is C25H30N4O3. The van der Waals surface area contributed by atoms with E-state index in [1.807, 2.05) is 43.5 Å². The summed E-state index contributed by atoms with van der Waals surface area (Å²) in [5, 5.41) is 7.13. The highest BCUT2D eigenvalue weighted by atomic mass is 16.5. The van der Waals surface area contributed by atoms with E-state index in [9.17, 15) is 4.79 Å². The summed E-state index contributed by atoms with van der Waals surface area (Å²) < 4.78 is 10.6. The summed E-state index contributed by atoms with van der Waals surface area (Å²) >= 11 is 0. The Bertz CT molecular complexity index is 1020. The number of amides is 1. The first-order valence-electron chi connectivity index (χ1n) is 11.3. The zero-order valence-corrected chi connectivity index (χ0v) is 18.7. The van der Waals surface area contributed by atoms with E-state index in [1.165, 1.54) is 0 Å². The van der Waals surface area contributed by atoms with Crippen LogP contribution in [0.25, 0.3) is 11.3 Å². The third kappa shape index (κ3) is 5.52. The number of rotatable bonds is 8. The first kappa shape index (κ1) is 22.0. The molecule has 7 heteroatoms. The van der Waals surface area contributed by atoms with E-state index in [2.05, 4.69) is 20.4 Å². The molecule has 0 unspecified atom stereocenters. The molecule has 1 aliphatic rings.